The average molecular weight is 271 g/mol. The van der Waals surface area contributed by atoms with Crippen molar-refractivity contribution in [3.63, 3.8) is 0 Å². The van der Waals surface area contributed by atoms with Crippen molar-refractivity contribution >= 4 is 17.1 Å². The molecule has 0 radical (unpaired) electrons. The Kier molecular flexibility index (Phi) is 3.89. The van der Waals surface area contributed by atoms with E-state index in [-0.39, 0.29) is 5.75 Å². The van der Waals surface area contributed by atoms with E-state index in [0.29, 0.717) is 22.8 Å². The van der Waals surface area contributed by atoms with Crippen molar-refractivity contribution in [3.8, 4) is 11.5 Å². The molecule has 5 nitrogen and oxygen atoms in total. The zero-order valence-corrected chi connectivity index (χ0v) is 11.7. The third-order valence-electron chi connectivity index (χ3n) is 2.99. The number of phenolic OH excluding ortho intramolecular Hbond substituents is 1. The molecule has 5 heteroatoms. The number of nitrogen functional groups attached to an aromatic ring is 1. The fourth-order valence-corrected chi connectivity index (χ4v) is 1.84. The van der Waals surface area contributed by atoms with E-state index < -0.39 is 0 Å². The van der Waals surface area contributed by atoms with Crippen molar-refractivity contribution in [2.75, 3.05) is 12.8 Å². The van der Waals surface area contributed by atoms with Crippen LogP contribution in [0.1, 0.15) is 11.1 Å². The predicted octanol–water partition coefficient (Wildman–Crippen LogP) is 4.02. The van der Waals surface area contributed by atoms with Gasteiger partial charge in [-0.15, -0.1) is 0 Å². The maximum atomic E-state index is 9.36. The summed E-state index contributed by atoms with van der Waals surface area (Å²) in [7, 11) is 1.56. The summed E-state index contributed by atoms with van der Waals surface area (Å²) in [6, 6.07) is 8.50. The van der Waals surface area contributed by atoms with Crippen molar-refractivity contribution in [2.24, 2.45) is 10.2 Å². The van der Waals surface area contributed by atoms with E-state index in [9.17, 15) is 5.11 Å². The van der Waals surface area contributed by atoms with Gasteiger partial charge in [-0.25, -0.2) is 0 Å². The summed E-state index contributed by atoms with van der Waals surface area (Å²) in [5.41, 5.74) is 9.58. The molecule has 20 heavy (non-hydrogen) atoms. The van der Waals surface area contributed by atoms with Gasteiger partial charge in [-0.2, -0.15) is 10.2 Å². The first-order chi connectivity index (χ1) is 9.51. The second-order valence-corrected chi connectivity index (χ2v) is 4.55. The first-order valence-electron chi connectivity index (χ1n) is 6.16. The van der Waals surface area contributed by atoms with Crippen molar-refractivity contribution in [1.29, 1.82) is 0 Å². The highest BCUT2D eigenvalue weighted by Crippen LogP contribution is 2.32. The lowest BCUT2D eigenvalue weighted by Crippen LogP contribution is -1.92. The number of ether oxygens (including phenoxy) is 1. The van der Waals surface area contributed by atoms with E-state index >= 15 is 0 Å². The minimum Gasteiger partial charge on any atom is -0.508 e. The molecule has 0 bridgehead atoms. The largest absolute Gasteiger partial charge is 0.508 e. The maximum Gasteiger partial charge on any atom is 0.143 e. The fourth-order valence-electron chi connectivity index (χ4n) is 1.84. The number of methoxy groups -OCH3 is 1. The zero-order chi connectivity index (χ0) is 14.7. The van der Waals surface area contributed by atoms with Crippen LogP contribution < -0.4 is 10.5 Å². The van der Waals surface area contributed by atoms with Gasteiger partial charge in [0.25, 0.3) is 0 Å². The average Bonchev–Trinajstić information content (AvgIpc) is 2.39. The van der Waals surface area contributed by atoms with Crippen LogP contribution >= 0.6 is 0 Å². The van der Waals surface area contributed by atoms with E-state index in [1.165, 1.54) is 0 Å². The van der Waals surface area contributed by atoms with Crippen LogP contribution in [0.15, 0.2) is 40.6 Å². The standard InChI is InChI=1S/C15H17N3O2/c1-9-6-11(19)4-5-13(9)17-18-14-8-15(20-3)12(16)7-10(14)2/h4-8,19H,16H2,1-3H3/b18-17+. The number of rotatable bonds is 3. The van der Waals surface area contributed by atoms with Gasteiger partial charge >= 0.3 is 0 Å². The highest BCUT2D eigenvalue weighted by atomic mass is 16.5. The Morgan fingerprint density at radius 1 is 1.00 bits per heavy atom. The van der Waals surface area contributed by atoms with Gasteiger partial charge in [0.05, 0.1) is 24.2 Å². The number of benzene rings is 2. The van der Waals surface area contributed by atoms with E-state index in [2.05, 4.69) is 10.2 Å². The molecule has 0 unspecified atom stereocenters. The number of phenols is 1. The number of hydrogen-bond donors (Lipinski definition) is 2. The molecule has 0 aliphatic heterocycles. The van der Waals surface area contributed by atoms with E-state index in [1.807, 2.05) is 13.8 Å². The van der Waals surface area contributed by atoms with Crippen molar-refractivity contribution in [3.05, 3.63) is 41.5 Å². The summed E-state index contributed by atoms with van der Waals surface area (Å²) in [5, 5.41) is 17.8. The fraction of sp³-hybridized carbons (Fsp3) is 0.200. The van der Waals surface area contributed by atoms with Crippen LogP contribution in [0.3, 0.4) is 0 Å². The first kappa shape index (κ1) is 13.9. The summed E-state index contributed by atoms with van der Waals surface area (Å²) in [6.45, 7) is 3.78. The number of azo groups is 1. The summed E-state index contributed by atoms with van der Waals surface area (Å²) >= 11 is 0. The van der Waals surface area contributed by atoms with Crippen LogP contribution in [0, 0.1) is 13.8 Å². The van der Waals surface area contributed by atoms with Crippen molar-refractivity contribution in [1.82, 2.24) is 0 Å². The summed E-state index contributed by atoms with van der Waals surface area (Å²) in [5.74, 6) is 0.791. The van der Waals surface area contributed by atoms with Gasteiger partial charge in [0.2, 0.25) is 0 Å². The molecule has 2 rings (SSSR count). The Hall–Kier alpha value is -2.56. The molecular weight excluding hydrogens is 254 g/mol. The van der Waals surface area contributed by atoms with Gasteiger partial charge in [0, 0.05) is 6.07 Å². The second-order valence-electron chi connectivity index (χ2n) is 4.55. The normalized spacial score (nSPS) is 10.9. The minimum absolute atomic E-state index is 0.215. The number of nitrogens with two attached hydrogens (primary N) is 1. The quantitative estimate of drug-likeness (QED) is 0.653. The van der Waals surface area contributed by atoms with Crippen LogP contribution in [0.2, 0.25) is 0 Å². The topological polar surface area (TPSA) is 80.2 Å². The van der Waals surface area contributed by atoms with Gasteiger partial charge in [0.1, 0.15) is 11.5 Å². The summed E-state index contributed by atoms with van der Waals surface area (Å²) < 4.78 is 5.17. The predicted molar refractivity (Wildman–Crippen MR) is 79.2 cm³/mol. The first-order valence-corrected chi connectivity index (χ1v) is 6.16. The van der Waals surface area contributed by atoms with E-state index in [1.54, 1.807) is 37.4 Å². The Morgan fingerprint density at radius 3 is 2.30 bits per heavy atom. The lowest BCUT2D eigenvalue weighted by molar-refractivity contribution is 0.417. The molecule has 2 aromatic carbocycles. The van der Waals surface area contributed by atoms with Gasteiger partial charge in [-0.3, -0.25) is 0 Å². The number of hydrogen-bond acceptors (Lipinski definition) is 5. The molecule has 0 amide bonds. The maximum absolute atomic E-state index is 9.36. The van der Waals surface area contributed by atoms with Gasteiger partial charge in [-0.05, 0) is 49.2 Å². The smallest absolute Gasteiger partial charge is 0.143 e. The van der Waals surface area contributed by atoms with Crippen LogP contribution in [-0.2, 0) is 0 Å². The molecule has 0 saturated carbocycles. The van der Waals surface area contributed by atoms with Crippen molar-refractivity contribution < 1.29 is 9.84 Å². The molecule has 0 fully saturated rings. The number of nitrogens with zero attached hydrogens (tertiary/aromatic N) is 2. The van der Waals surface area contributed by atoms with E-state index in [0.717, 1.165) is 11.1 Å². The number of aromatic hydroxyl groups is 1. The lowest BCUT2D eigenvalue weighted by atomic mass is 10.1. The Labute approximate surface area is 117 Å². The Bertz CT molecular complexity index is 666. The molecular formula is C15H17N3O2. The molecule has 0 heterocycles. The van der Waals surface area contributed by atoms with Gasteiger partial charge in [0.15, 0.2) is 0 Å². The monoisotopic (exact) mass is 271 g/mol. The molecule has 2 aromatic rings. The molecule has 0 aromatic heterocycles. The van der Waals surface area contributed by atoms with Crippen LogP contribution in [0.4, 0.5) is 17.1 Å². The van der Waals surface area contributed by atoms with Crippen LogP contribution in [0.5, 0.6) is 11.5 Å². The molecule has 0 spiro atoms. The molecule has 3 N–H and O–H groups in total. The minimum atomic E-state index is 0.215. The third-order valence-corrected chi connectivity index (χ3v) is 2.99. The molecule has 0 aliphatic carbocycles. The third kappa shape index (κ3) is 2.88. The van der Waals surface area contributed by atoms with Crippen molar-refractivity contribution in [2.45, 2.75) is 13.8 Å². The summed E-state index contributed by atoms with van der Waals surface area (Å²) in [4.78, 5) is 0. The molecule has 0 atom stereocenters. The van der Waals surface area contributed by atoms with Gasteiger partial charge in [-0.1, -0.05) is 0 Å². The number of anilines is 1. The highest BCUT2D eigenvalue weighted by Gasteiger charge is 2.05. The Morgan fingerprint density at radius 2 is 1.65 bits per heavy atom. The second kappa shape index (κ2) is 5.61. The van der Waals surface area contributed by atoms with E-state index in [4.69, 9.17) is 10.5 Å². The number of aryl methyl sites for hydroxylation is 2. The SMILES string of the molecule is COc1cc(/N=N/c2ccc(O)cc2C)c(C)cc1N. The zero-order valence-electron chi connectivity index (χ0n) is 11.7. The summed E-state index contributed by atoms with van der Waals surface area (Å²) in [6.07, 6.45) is 0. The van der Waals surface area contributed by atoms with Crippen LogP contribution in [-0.4, -0.2) is 12.2 Å². The van der Waals surface area contributed by atoms with Gasteiger partial charge < -0.3 is 15.6 Å². The van der Waals surface area contributed by atoms with Crippen LogP contribution in [0.25, 0.3) is 0 Å². The highest BCUT2D eigenvalue weighted by molar-refractivity contribution is 5.63. The Balaban J connectivity index is 2.36. The molecule has 0 aliphatic rings. The lowest BCUT2D eigenvalue weighted by Gasteiger charge is -2.07. The molecule has 104 valence electrons. The molecule has 0 saturated heterocycles.